The number of furan rings is 1. The first kappa shape index (κ1) is 23.0. The van der Waals surface area contributed by atoms with Crippen LogP contribution in [0.4, 0.5) is 5.69 Å². The van der Waals surface area contributed by atoms with Gasteiger partial charge in [-0.1, -0.05) is 42.5 Å². The van der Waals surface area contributed by atoms with Gasteiger partial charge in [-0.15, -0.1) is 11.6 Å². The van der Waals surface area contributed by atoms with Crippen LogP contribution >= 0.6 is 11.6 Å². The Morgan fingerprint density at radius 1 is 0.943 bits per heavy atom. The number of aromatic nitrogens is 1. The molecule has 2 amide bonds. The Morgan fingerprint density at radius 3 is 2.34 bits per heavy atom. The number of hydrogen-bond acceptors (Lipinski definition) is 3. The molecule has 0 saturated carbocycles. The highest BCUT2D eigenvalue weighted by Crippen LogP contribution is 2.42. The number of carbonyl (C=O) groups is 2. The topological polar surface area (TPSA) is 58.7 Å². The Kier molecular flexibility index (Phi) is 6.22. The van der Waals surface area contributed by atoms with E-state index in [1.807, 2.05) is 98.9 Å². The van der Waals surface area contributed by atoms with E-state index in [1.165, 1.54) is 0 Å². The molecule has 6 nitrogen and oxygen atoms in total. The summed E-state index contributed by atoms with van der Waals surface area (Å²) in [6.07, 6.45) is 3.58. The van der Waals surface area contributed by atoms with Gasteiger partial charge in [-0.2, -0.15) is 0 Å². The number of nitrogens with zero attached hydrogens (tertiary/aromatic N) is 3. The minimum absolute atomic E-state index is 0.112. The molecule has 4 aromatic rings. The van der Waals surface area contributed by atoms with Crippen molar-refractivity contribution < 1.29 is 14.0 Å². The third-order valence-electron chi connectivity index (χ3n) is 6.32. The van der Waals surface area contributed by atoms with Gasteiger partial charge in [0.25, 0.3) is 0 Å². The number of para-hydroxylation sites is 2. The Balaban J connectivity index is 1.52. The van der Waals surface area contributed by atoms with Gasteiger partial charge in [0.1, 0.15) is 23.7 Å². The second-order valence-corrected chi connectivity index (χ2v) is 9.24. The lowest BCUT2D eigenvalue weighted by Crippen LogP contribution is -2.49. The van der Waals surface area contributed by atoms with Crippen LogP contribution in [0.2, 0.25) is 0 Å². The fourth-order valence-corrected chi connectivity index (χ4v) is 4.90. The van der Waals surface area contributed by atoms with Crippen LogP contribution in [0.25, 0.3) is 5.69 Å². The molecule has 0 N–H and O–H groups in total. The smallest absolute Gasteiger partial charge is 0.247 e. The summed E-state index contributed by atoms with van der Waals surface area (Å²) in [6.45, 7) is 3.66. The predicted octanol–water partition coefficient (Wildman–Crippen LogP) is 5.72. The standard InChI is InChI=1S/C28H26ClN3O3/c1-19(2)31(28(34)26(29)20-10-4-3-5-11-20)18-25(33)32-22-13-7-6-12-21(22)30-16-8-14-23(30)27(32)24-15-9-17-35-24/h3-17,19,26-27H,18H2,1-2H3. The maximum absolute atomic E-state index is 14.0. The molecule has 0 bridgehead atoms. The van der Waals surface area contributed by atoms with Gasteiger partial charge < -0.3 is 13.9 Å². The van der Waals surface area contributed by atoms with Crippen LogP contribution in [0.1, 0.15) is 42.3 Å². The van der Waals surface area contributed by atoms with Crippen LogP contribution in [0.3, 0.4) is 0 Å². The molecule has 1 aliphatic rings. The van der Waals surface area contributed by atoms with E-state index < -0.39 is 11.4 Å². The monoisotopic (exact) mass is 487 g/mol. The summed E-state index contributed by atoms with van der Waals surface area (Å²) in [5.41, 5.74) is 3.26. The van der Waals surface area contributed by atoms with Crippen molar-refractivity contribution in [1.29, 1.82) is 0 Å². The number of alkyl halides is 1. The summed E-state index contributed by atoms with van der Waals surface area (Å²) in [7, 11) is 0. The van der Waals surface area contributed by atoms with Crippen molar-refractivity contribution in [3.05, 3.63) is 108 Å². The van der Waals surface area contributed by atoms with Crippen LogP contribution in [0, 0.1) is 0 Å². The first-order valence-corrected chi connectivity index (χ1v) is 12.0. The van der Waals surface area contributed by atoms with Crippen LogP contribution in [0.5, 0.6) is 0 Å². The number of hydrogen-bond donors (Lipinski definition) is 0. The zero-order chi connectivity index (χ0) is 24.5. The van der Waals surface area contributed by atoms with Crippen molar-refractivity contribution in [2.45, 2.75) is 31.3 Å². The largest absolute Gasteiger partial charge is 0.467 e. The third-order valence-corrected chi connectivity index (χ3v) is 6.76. The van der Waals surface area contributed by atoms with Crippen molar-refractivity contribution in [3.63, 3.8) is 0 Å². The molecule has 2 atom stereocenters. The quantitative estimate of drug-likeness (QED) is 0.327. The van der Waals surface area contributed by atoms with Crippen molar-refractivity contribution in [3.8, 4) is 5.69 Å². The van der Waals surface area contributed by atoms with Crippen molar-refractivity contribution in [2.75, 3.05) is 11.4 Å². The molecule has 178 valence electrons. The maximum atomic E-state index is 14.0. The second kappa shape index (κ2) is 9.47. The SMILES string of the molecule is CC(C)N(CC(=O)N1c2ccccc2-n2cccc2C1c1ccco1)C(=O)C(Cl)c1ccccc1. The molecular formula is C28H26ClN3O3. The number of rotatable bonds is 6. The predicted molar refractivity (Wildman–Crippen MR) is 136 cm³/mol. The van der Waals surface area contributed by atoms with Gasteiger partial charge in [0.2, 0.25) is 11.8 Å². The second-order valence-electron chi connectivity index (χ2n) is 8.81. The number of anilines is 1. The van der Waals surface area contributed by atoms with E-state index >= 15 is 0 Å². The molecule has 7 heteroatoms. The number of halogens is 1. The van der Waals surface area contributed by atoms with E-state index in [4.69, 9.17) is 16.0 Å². The molecule has 0 radical (unpaired) electrons. The van der Waals surface area contributed by atoms with E-state index in [0.29, 0.717) is 11.3 Å². The minimum Gasteiger partial charge on any atom is -0.467 e. The third kappa shape index (κ3) is 4.15. The zero-order valence-electron chi connectivity index (χ0n) is 19.5. The van der Waals surface area contributed by atoms with Crippen molar-refractivity contribution in [2.24, 2.45) is 0 Å². The van der Waals surface area contributed by atoms with Crippen molar-refractivity contribution in [1.82, 2.24) is 9.47 Å². The van der Waals surface area contributed by atoms with E-state index in [9.17, 15) is 9.59 Å². The summed E-state index contributed by atoms with van der Waals surface area (Å²) < 4.78 is 7.85. The van der Waals surface area contributed by atoms with Gasteiger partial charge in [-0.3, -0.25) is 14.5 Å². The summed E-state index contributed by atoms with van der Waals surface area (Å²) >= 11 is 6.57. The van der Waals surface area contributed by atoms with Gasteiger partial charge in [-0.25, -0.2) is 0 Å². The highest BCUT2D eigenvalue weighted by Gasteiger charge is 2.39. The lowest BCUT2D eigenvalue weighted by molar-refractivity contribution is -0.136. The molecule has 2 aromatic carbocycles. The minimum atomic E-state index is -0.877. The van der Waals surface area contributed by atoms with E-state index in [0.717, 1.165) is 17.1 Å². The van der Waals surface area contributed by atoms with Gasteiger partial charge in [0, 0.05) is 12.2 Å². The average molecular weight is 488 g/mol. The molecular weight excluding hydrogens is 462 g/mol. The van der Waals surface area contributed by atoms with E-state index in [2.05, 4.69) is 4.57 Å². The molecule has 0 spiro atoms. The Morgan fingerprint density at radius 2 is 1.66 bits per heavy atom. The summed E-state index contributed by atoms with van der Waals surface area (Å²) in [5.74, 6) is 0.129. The fraction of sp³-hybridized carbons (Fsp3) is 0.214. The van der Waals surface area contributed by atoms with E-state index in [1.54, 1.807) is 16.1 Å². The normalized spacial score (nSPS) is 15.4. The zero-order valence-corrected chi connectivity index (χ0v) is 20.3. The lowest BCUT2D eigenvalue weighted by Gasteiger charge is -2.39. The highest BCUT2D eigenvalue weighted by molar-refractivity contribution is 6.31. The molecule has 5 rings (SSSR count). The summed E-state index contributed by atoms with van der Waals surface area (Å²) in [5, 5.41) is -0.877. The van der Waals surface area contributed by atoms with Gasteiger partial charge >= 0.3 is 0 Å². The summed E-state index contributed by atoms with van der Waals surface area (Å²) in [4.78, 5) is 30.7. The molecule has 0 fully saturated rings. The number of carbonyl (C=O) groups excluding carboxylic acids is 2. The average Bonchev–Trinajstić information content (AvgIpc) is 3.58. The molecule has 0 aliphatic carbocycles. The first-order chi connectivity index (χ1) is 17.0. The number of fused-ring (bicyclic) bond motifs is 3. The summed E-state index contributed by atoms with van der Waals surface area (Å²) in [6, 6.07) is 23.9. The Hall–Kier alpha value is -3.77. The maximum Gasteiger partial charge on any atom is 0.247 e. The van der Waals surface area contributed by atoms with E-state index in [-0.39, 0.29) is 24.4 Å². The number of benzene rings is 2. The number of amides is 2. The van der Waals surface area contributed by atoms with Gasteiger partial charge in [0.15, 0.2) is 0 Å². The highest BCUT2D eigenvalue weighted by atomic mass is 35.5. The molecule has 2 unspecified atom stereocenters. The van der Waals surface area contributed by atoms with Gasteiger partial charge in [-0.05, 0) is 55.8 Å². The Labute approximate surface area is 209 Å². The lowest BCUT2D eigenvalue weighted by atomic mass is 10.0. The molecule has 3 heterocycles. The molecule has 1 aliphatic heterocycles. The van der Waals surface area contributed by atoms with Crippen molar-refractivity contribution >= 4 is 29.1 Å². The fourth-order valence-electron chi connectivity index (χ4n) is 4.62. The van der Waals surface area contributed by atoms with Crippen LogP contribution in [-0.4, -0.2) is 33.9 Å². The molecule has 0 saturated heterocycles. The Bertz CT molecular complexity index is 1330. The van der Waals surface area contributed by atoms with Crippen LogP contribution in [0.15, 0.2) is 95.7 Å². The molecule has 35 heavy (non-hydrogen) atoms. The van der Waals surface area contributed by atoms with Crippen LogP contribution < -0.4 is 4.90 Å². The first-order valence-electron chi connectivity index (χ1n) is 11.6. The van der Waals surface area contributed by atoms with Crippen LogP contribution in [-0.2, 0) is 9.59 Å². The molecule has 2 aromatic heterocycles. The van der Waals surface area contributed by atoms with Gasteiger partial charge in [0.05, 0.1) is 23.3 Å².